The maximum atomic E-state index is 12.5. The fourth-order valence-electron chi connectivity index (χ4n) is 2.52. The van der Waals surface area contributed by atoms with Gasteiger partial charge in [-0.3, -0.25) is 9.10 Å². The first-order valence-electron chi connectivity index (χ1n) is 8.54. The first-order chi connectivity index (χ1) is 13.7. The van der Waals surface area contributed by atoms with Gasteiger partial charge in [-0.1, -0.05) is 23.7 Å². The number of hydrogen-bond donors (Lipinski definition) is 1. The summed E-state index contributed by atoms with van der Waals surface area (Å²) in [5.41, 5.74) is 0.596. The van der Waals surface area contributed by atoms with Gasteiger partial charge in [0.05, 0.1) is 36.2 Å². The molecule has 0 saturated carbocycles. The Morgan fingerprint density at radius 2 is 1.86 bits per heavy atom. The molecule has 156 valence electrons. The van der Waals surface area contributed by atoms with Crippen molar-refractivity contribution in [1.29, 1.82) is 0 Å². The van der Waals surface area contributed by atoms with Crippen molar-refractivity contribution in [1.82, 2.24) is 0 Å². The van der Waals surface area contributed by atoms with E-state index in [1.165, 1.54) is 25.3 Å². The molecule has 10 heteroatoms. The molecule has 29 heavy (non-hydrogen) atoms. The van der Waals surface area contributed by atoms with Gasteiger partial charge in [-0.15, -0.1) is 0 Å². The number of ether oxygens (including phenoxy) is 2. The van der Waals surface area contributed by atoms with E-state index in [0.717, 1.165) is 10.6 Å². The summed E-state index contributed by atoms with van der Waals surface area (Å²) >= 11 is 5.96. The number of carbonyl (C=O) groups is 2. The summed E-state index contributed by atoms with van der Waals surface area (Å²) in [6.45, 7) is 1.62. The van der Waals surface area contributed by atoms with Crippen LogP contribution in [0.4, 0.5) is 11.4 Å². The molecular formula is C19H21ClN2O6S. The molecule has 8 nitrogen and oxygen atoms in total. The van der Waals surface area contributed by atoms with Crippen LogP contribution in [0, 0.1) is 0 Å². The lowest BCUT2D eigenvalue weighted by atomic mass is 10.2. The highest BCUT2D eigenvalue weighted by molar-refractivity contribution is 7.92. The molecular weight excluding hydrogens is 420 g/mol. The Morgan fingerprint density at radius 1 is 1.17 bits per heavy atom. The molecule has 2 aromatic carbocycles. The molecule has 0 aliphatic heterocycles. The number of halogens is 1. The molecule has 0 bridgehead atoms. The number of amides is 1. The van der Waals surface area contributed by atoms with Gasteiger partial charge in [0.2, 0.25) is 15.9 Å². The van der Waals surface area contributed by atoms with E-state index in [1.807, 2.05) is 0 Å². The van der Waals surface area contributed by atoms with Crippen molar-refractivity contribution in [2.24, 2.45) is 0 Å². The van der Waals surface area contributed by atoms with Crippen LogP contribution < -0.4 is 14.4 Å². The first-order valence-corrected chi connectivity index (χ1v) is 10.8. The fourth-order valence-corrected chi connectivity index (χ4v) is 3.58. The van der Waals surface area contributed by atoms with E-state index in [9.17, 15) is 18.0 Å². The smallest absolute Gasteiger partial charge is 0.339 e. The molecule has 2 rings (SSSR count). The molecule has 0 fully saturated rings. The van der Waals surface area contributed by atoms with Gasteiger partial charge in [0.1, 0.15) is 12.3 Å². The molecule has 2 aromatic rings. The molecule has 1 amide bonds. The van der Waals surface area contributed by atoms with Crippen LogP contribution in [0.1, 0.15) is 17.3 Å². The van der Waals surface area contributed by atoms with Crippen molar-refractivity contribution >= 4 is 44.9 Å². The average Bonchev–Trinajstić information content (AvgIpc) is 2.67. The third-order valence-electron chi connectivity index (χ3n) is 3.78. The van der Waals surface area contributed by atoms with Crippen molar-refractivity contribution in [3.8, 4) is 5.75 Å². The molecule has 0 aliphatic rings. The van der Waals surface area contributed by atoms with Gasteiger partial charge in [0.15, 0.2) is 0 Å². The van der Waals surface area contributed by atoms with E-state index in [2.05, 4.69) is 10.1 Å². The molecule has 0 atom stereocenters. The molecule has 0 saturated heterocycles. The van der Waals surface area contributed by atoms with Crippen molar-refractivity contribution < 1.29 is 27.5 Å². The number of anilines is 2. The van der Waals surface area contributed by atoms with Crippen LogP contribution in [0.25, 0.3) is 0 Å². The number of esters is 1. The standard InChI is InChI=1S/C19H21ClN2O6S/c1-4-28-17-8-6-5-7-16(17)22(29(3,25)26)12-18(23)21-13-9-10-15(20)14(11-13)19(24)27-2/h5-11H,4,12H2,1-3H3,(H,21,23). The number of hydrogen-bond acceptors (Lipinski definition) is 6. The lowest BCUT2D eigenvalue weighted by Gasteiger charge is -2.24. The van der Waals surface area contributed by atoms with Crippen LogP contribution in [-0.2, 0) is 19.6 Å². The van der Waals surface area contributed by atoms with Gasteiger partial charge in [0.25, 0.3) is 0 Å². The Bertz CT molecular complexity index is 1010. The molecule has 0 spiro atoms. The van der Waals surface area contributed by atoms with E-state index in [1.54, 1.807) is 31.2 Å². The van der Waals surface area contributed by atoms with Crippen LogP contribution in [0.15, 0.2) is 42.5 Å². The van der Waals surface area contributed by atoms with Gasteiger partial charge < -0.3 is 14.8 Å². The SMILES string of the molecule is CCOc1ccccc1N(CC(=O)Nc1ccc(Cl)c(C(=O)OC)c1)S(C)(=O)=O. The first kappa shape index (κ1) is 22.5. The maximum absolute atomic E-state index is 12.5. The van der Waals surface area contributed by atoms with Crippen molar-refractivity contribution in [2.45, 2.75) is 6.92 Å². The number of nitrogens with zero attached hydrogens (tertiary/aromatic N) is 1. The van der Waals surface area contributed by atoms with Crippen molar-refractivity contribution in [2.75, 3.05) is 36.1 Å². The van der Waals surface area contributed by atoms with Crippen LogP contribution in [-0.4, -0.2) is 46.8 Å². The average molecular weight is 441 g/mol. The Balaban J connectivity index is 2.28. The van der Waals surface area contributed by atoms with Gasteiger partial charge in [0, 0.05) is 5.69 Å². The minimum absolute atomic E-state index is 0.0774. The predicted octanol–water partition coefficient (Wildman–Crippen LogP) is 2.93. The fraction of sp³-hybridized carbons (Fsp3) is 0.263. The summed E-state index contributed by atoms with van der Waals surface area (Å²) in [7, 11) is -2.57. The number of para-hydroxylation sites is 2. The van der Waals surface area contributed by atoms with Crippen molar-refractivity contribution in [3.63, 3.8) is 0 Å². The van der Waals surface area contributed by atoms with E-state index < -0.39 is 28.4 Å². The van der Waals surface area contributed by atoms with Gasteiger partial charge in [-0.05, 0) is 37.3 Å². The number of methoxy groups -OCH3 is 1. The van der Waals surface area contributed by atoms with Gasteiger partial charge in [-0.25, -0.2) is 13.2 Å². The van der Waals surface area contributed by atoms with E-state index >= 15 is 0 Å². The van der Waals surface area contributed by atoms with Crippen LogP contribution in [0.3, 0.4) is 0 Å². The highest BCUT2D eigenvalue weighted by Crippen LogP contribution is 2.30. The topological polar surface area (TPSA) is 102 Å². The summed E-state index contributed by atoms with van der Waals surface area (Å²) in [6, 6.07) is 10.8. The zero-order chi connectivity index (χ0) is 21.6. The summed E-state index contributed by atoms with van der Waals surface area (Å²) in [5.74, 6) is -0.929. The molecule has 0 aliphatic carbocycles. The van der Waals surface area contributed by atoms with Crippen molar-refractivity contribution in [3.05, 3.63) is 53.1 Å². The Hall–Kier alpha value is -2.78. The quantitative estimate of drug-likeness (QED) is 0.633. The molecule has 0 heterocycles. The second kappa shape index (κ2) is 9.62. The monoisotopic (exact) mass is 440 g/mol. The van der Waals surface area contributed by atoms with Gasteiger partial charge in [-0.2, -0.15) is 0 Å². The third kappa shape index (κ3) is 5.85. The third-order valence-corrected chi connectivity index (χ3v) is 5.23. The number of sulfonamides is 1. The zero-order valence-electron chi connectivity index (χ0n) is 16.1. The molecule has 0 unspecified atom stereocenters. The predicted molar refractivity (Wildman–Crippen MR) is 111 cm³/mol. The largest absolute Gasteiger partial charge is 0.492 e. The maximum Gasteiger partial charge on any atom is 0.339 e. The lowest BCUT2D eigenvalue weighted by molar-refractivity contribution is -0.114. The summed E-state index contributed by atoms with van der Waals surface area (Å²) in [4.78, 5) is 24.3. The lowest BCUT2D eigenvalue weighted by Crippen LogP contribution is -2.37. The highest BCUT2D eigenvalue weighted by Gasteiger charge is 2.24. The summed E-state index contributed by atoms with van der Waals surface area (Å²) in [5, 5.41) is 2.73. The number of benzene rings is 2. The second-order valence-electron chi connectivity index (χ2n) is 5.90. The molecule has 1 N–H and O–H groups in total. The number of nitrogens with one attached hydrogen (secondary N) is 1. The Kier molecular flexibility index (Phi) is 7.46. The van der Waals surface area contributed by atoms with E-state index in [4.69, 9.17) is 16.3 Å². The molecule has 0 aromatic heterocycles. The van der Waals surface area contributed by atoms with Crippen LogP contribution >= 0.6 is 11.6 Å². The van der Waals surface area contributed by atoms with E-state index in [0.29, 0.717) is 12.4 Å². The van der Waals surface area contributed by atoms with Crippen LogP contribution in [0.5, 0.6) is 5.75 Å². The Morgan fingerprint density at radius 3 is 2.48 bits per heavy atom. The number of rotatable bonds is 8. The number of carbonyl (C=O) groups excluding carboxylic acids is 2. The Labute approximate surface area is 174 Å². The van der Waals surface area contributed by atoms with E-state index in [-0.39, 0.29) is 22.0 Å². The molecule has 0 radical (unpaired) electrons. The normalized spacial score (nSPS) is 10.9. The van der Waals surface area contributed by atoms with Crippen LogP contribution in [0.2, 0.25) is 5.02 Å². The highest BCUT2D eigenvalue weighted by atomic mass is 35.5. The summed E-state index contributed by atoms with van der Waals surface area (Å²) < 4.78 is 35.7. The minimum atomic E-state index is -3.78. The second-order valence-corrected chi connectivity index (χ2v) is 8.22. The summed E-state index contributed by atoms with van der Waals surface area (Å²) in [6.07, 6.45) is 1.00. The minimum Gasteiger partial charge on any atom is -0.492 e. The van der Waals surface area contributed by atoms with Gasteiger partial charge >= 0.3 is 5.97 Å². The zero-order valence-corrected chi connectivity index (χ0v) is 17.7.